The summed E-state index contributed by atoms with van der Waals surface area (Å²) in [6.45, 7) is 5.08. The maximum atomic E-state index is 12.0. The zero-order valence-electron chi connectivity index (χ0n) is 13.9. The van der Waals surface area contributed by atoms with E-state index in [1.54, 1.807) is 38.1 Å². The van der Waals surface area contributed by atoms with Crippen molar-refractivity contribution in [1.82, 2.24) is 0 Å². The molecule has 0 heterocycles. The topological polar surface area (TPSA) is 72.5 Å². The first-order chi connectivity index (χ1) is 11.3. The molecule has 0 spiro atoms. The molecule has 24 heavy (non-hydrogen) atoms. The van der Waals surface area contributed by atoms with E-state index in [1.807, 2.05) is 31.2 Å². The van der Waals surface area contributed by atoms with Gasteiger partial charge in [0.05, 0.1) is 10.9 Å². The van der Waals surface area contributed by atoms with Crippen LogP contribution in [0.3, 0.4) is 0 Å². The Kier molecular flexibility index (Phi) is 5.62. The van der Waals surface area contributed by atoms with Crippen LogP contribution in [-0.2, 0) is 14.6 Å². The van der Waals surface area contributed by atoms with Crippen molar-refractivity contribution in [2.45, 2.75) is 26.0 Å². The fourth-order valence-electron chi connectivity index (χ4n) is 1.93. The summed E-state index contributed by atoms with van der Waals surface area (Å²) in [5.74, 6) is -0.0406. The van der Waals surface area contributed by atoms with Crippen molar-refractivity contribution in [3.05, 3.63) is 54.1 Å². The lowest BCUT2D eigenvalue weighted by Gasteiger charge is -2.13. The van der Waals surface area contributed by atoms with Crippen molar-refractivity contribution in [2.24, 2.45) is 0 Å². The molecule has 0 atom stereocenters. The molecular weight excluding hydrogens is 326 g/mol. The second kappa shape index (κ2) is 7.49. The average Bonchev–Trinajstić information content (AvgIpc) is 2.50. The van der Waals surface area contributed by atoms with Crippen LogP contribution in [0.15, 0.2) is 48.5 Å². The van der Waals surface area contributed by atoms with Gasteiger partial charge in [-0.05, 0) is 45.0 Å². The summed E-state index contributed by atoms with van der Waals surface area (Å²) >= 11 is 0. The average molecular weight is 347 g/mol. The Morgan fingerprint density at radius 1 is 1.08 bits per heavy atom. The van der Waals surface area contributed by atoms with E-state index in [2.05, 4.69) is 5.32 Å². The number of ether oxygens (including phenoxy) is 1. The van der Waals surface area contributed by atoms with Crippen LogP contribution in [0, 0.1) is 6.92 Å². The number of carbonyl (C=O) groups excluding carboxylic acids is 1. The number of anilines is 1. The summed E-state index contributed by atoms with van der Waals surface area (Å²) in [5, 5.41) is 2.01. The third-order valence-electron chi connectivity index (χ3n) is 3.46. The molecule has 0 saturated carbocycles. The highest BCUT2D eigenvalue weighted by molar-refractivity contribution is 7.92. The van der Waals surface area contributed by atoms with E-state index < -0.39 is 26.7 Å². The van der Waals surface area contributed by atoms with Gasteiger partial charge in [-0.2, -0.15) is 0 Å². The summed E-state index contributed by atoms with van der Waals surface area (Å²) in [6.07, 6.45) is 0. The van der Waals surface area contributed by atoms with Crippen LogP contribution in [-0.4, -0.2) is 25.3 Å². The number of carbonyl (C=O) groups is 1. The third kappa shape index (κ3) is 4.83. The van der Waals surface area contributed by atoms with Gasteiger partial charge >= 0.3 is 0 Å². The van der Waals surface area contributed by atoms with E-state index in [0.29, 0.717) is 17.2 Å². The number of aryl methyl sites for hydroxylation is 1. The maximum absolute atomic E-state index is 12.0. The predicted octanol–water partition coefficient (Wildman–Crippen LogP) is 3.55. The zero-order chi connectivity index (χ0) is 17.7. The molecule has 128 valence electrons. The highest BCUT2D eigenvalue weighted by Crippen LogP contribution is 2.29. The lowest BCUT2D eigenvalue weighted by Crippen LogP contribution is -2.28. The monoisotopic (exact) mass is 347 g/mol. The Bertz CT molecular complexity index is 811. The molecule has 0 saturated heterocycles. The molecular formula is C18H21NO4S. The third-order valence-corrected chi connectivity index (χ3v) is 5.56. The van der Waals surface area contributed by atoms with E-state index >= 15 is 0 Å². The largest absolute Gasteiger partial charge is 0.455 e. The number of benzene rings is 2. The van der Waals surface area contributed by atoms with Crippen molar-refractivity contribution in [2.75, 3.05) is 11.1 Å². The molecule has 0 unspecified atom stereocenters. The number of para-hydroxylation sites is 2. The Balaban J connectivity index is 2.14. The summed E-state index contributed by atoms with van der Waals surface area (Å²) in [5.41, 5.74) is 1.55. The maximum Gasteiger partial charge on any atom is 0.239 e. The van der Waals surface area contributed by atoms with Gasteiger partial charge in [-0.1, -0.05) is 29.8 Å². The summed E-state index contributed by atoms with van der Waals surface area (Å²) < 4.78 is 29.5. The summed E-state index contributed by atoms with van der Waals surface area (Å²) in [7, 11) is -3.45. The molecule has 1 amide bonds. The lowest BCUT2D eigenvalue weighted by molar-refractivity contribution is -0.113. The van der Waals surface area contributed by atoms with Gasteiger partial charge in [-0.25, -0.2) is 8.42 Å². The molecule has 0 fully saturated rings. The van der Waals surface area contributed by atoms with E-state index in [0.717, 1.165) is 5.56 Å². The SMILES string of the molecule is Cc1ccc(Oc2ccccc2NC(=O)CS(=O)(=O)C(C)C)cc1. The molecule has 1 N–H and O–H groups in total. The quantitative estimate of drug-likeness (QED) is 0.867. The fourth-order valence-corrected chi connectivity index (χ4v) is 2.70. The van der Waals surface area contributed by atoms with Crippen molar-refractivity contribution in [1.29, 1.82) is 0 Å². The molecule has 5 nitrogen and oxygen atoms in total. The second-order valence-corrected chi connectivity index (χ2v) is 8.37. The van der Waals surface area contributed by atoms with E-state index in [-0.39, 0.29) is 0 Å². The van der Waals surface area contributed by atoms with Crippen LogP contribution in [0.1, 0.15) is 19.4 Å². The van der Waals surface area contributed by atoms with Crippen LogP contribution in [0.4, 0.5) is 5.69 Å². The van der Waals surface area contributed by atoms with Crippen molar-refractivity contribution in [3.8, 4) is 11.5 Å². The molecule has 0 bridgehead atoms. The number of amides is 1. The minimum absolute atomic E-state index is 0.432. The van der Waals surface area contributed by atoms with Crippen LogP contribution >= 0.6 is 0 Å². The molecule has 0 aromatic heterocycles. The van der Waals surface area contributed by atoms with Crippen molar-refractivity contribution < 1.29 is 17.9 Å². The van der Waals surface area contributed by atoms with Crippen molar-refractivity contribution >= 4 is 21.4 Å². The lowest BCUT2D eigenvalue weighted by atomic mass is 10.2. The zero-order valence-corrected chi connectivity index (χ0v) is 14.8. The first kappa shape index (κ1) is 18.0. The normalized spacial score (nSPS) is 11.3. The molecule has 2 rings (SSSR count). The first-order valence-electron chi connectivity index (χ1n) is 7.63. The van der Waals surface area contributed by atoms with Gasteiger partial charge in [-0.15, -0.1) is 0 Å². The van der Waals surface area contributed by atoms with E-state index in [4.69, 9.17) is 4.74 Å². The van der Waals surface area contributed by atoms with E-state index in [9.17, 15) is 13.2 Å². The van der Waals surface area contributed by atoms with Crippen LogP contribution in [0.2, 0.25) is 0 Å². The standard InChI is InChI=1S/C18H21NO4S/c1-13(2)24(21,22)12-18(20)19-16-6-4-5-7-17(16)23-15-10-8-14(3)9-11-15/h4-11,13H,12H2,1-3H3,(H,19,20). The van der Waals surface area contributed by atoms with Gasteiger partial charge < -0.3 is 10.1 Å². The smallest absolute Gasteiger partial charge is 0.239 e. The number of hydrogen-bond donors (Lipinski definition) is 1. The molecule has 2 aromatic carbocycles. The number of sulfone groups is 1. The van der Waals surface area contributed by atoms with Crippen LogP contribution < -0.4 is 10.1 Å². The number of hydrogen-bond acceptors (Lipinski definition) is 4. The predicted molar refractivity (Wildman–Crippen MR) is 95.2 cm³/mol. The van der Waals surface area contributed by atoms with Gasteiger partial charge in [0.2, 0.25) is 5.91 Å². The Hall–Kier alpha value is -2.34. The van der Waals surface area contributed by atoms with E-state index in [1.165, 1.54) is 0 Å². The van der Waals surface area contributed by atoms with Gasteiger partial charge in [-0.3, -0.25) is 4.79 Å². The van der Waals surface area contributed by atoms with Crippen LogP contribution in [0.25, 0.3) is 0 Å². The minimum atomic E-state index is -3.45. The first-order valence-corrected chi connectivity index (χ1v) is 9.34. The molecule has 0 radical (unpaired) electrons. The van der Waals surface area contributed by atoms with Crippen molar-refractivity contribution in [3.63, 3.8) is 0 Å². The molecule has 6 heteroatoms. The number of nitrogens with one attached hydrogen (secondary N) is 1. The van der Waals surface area contributed by atoms with Crippen LogP contribution in [0.5, 0.6) is 11.5 Å². The highest BCUT2D eigenvalue weighted by Gasteiger charge is 2.21. The van der Waals surface area contributed by atoms with Gasteiger partial charge in [0.15, 0.2) is 15.6 Å². The minimum Gasteiger partial charge on any atom is -0.455 e. The van der Waals surface area contributed by atoms with Gasteiger partial charge in [0, 0.05) is 0 Å². The fraction of sp³-hybridized carbons (Fsp3) is 0.278. The molecule has 2 aromatic rings. The van der Waals surface area contributed by atoms with Gasteiger partial charge in [0.1, 0.15) is 11.5 Å². The molecule has 0 aliphatic rings. The number of rotatable bonds is 6. The Morgan fingerprint density at radius 2 is 1.71 bits per heavy atom. The Labute approximate surface area is 142 Å². The summed E-state index contributed by atoms with van der Waals surface area (Å²) in [6, 6.07) is 14.4. The van der Waals surface area contributed by atoms with Gasteiger partial charge in [0.25, 0.3) is 0 Å². The highest BCUT2D eigenvalue weighted by atomic mass is 32.2. The molecule has 0 aliphatic heterocycles. The second-order valence-electron chi connectivity index (χ2n) is 5.82. The Morgan fingerprint density at radius 3 is 2.33 bits per heavy atom. The molecule has 0 aliphatic carbocycles. The summed E-state index contributed by atoms with van der Waals surface area (Å²) in [4.78, 5) is 12.0.